The number of allylic oxidation sites excluding steroid dienone is 5. The van der Waals surface area contributed by atoms with Gasteiger partial charge in [0.2, 0.25) is 5.91 Å². The van der Waals surface area contributed by atoms with Crippen LogP contribution in [0.3, 0.4) is 0 Å². The van der Waals surface area contributed by atoms with Gasteiger partial charge >= 0.3 is 0 Å². The topological polar surface area (TPSA) is 149 Å². The van der Waals surface area contributed by atoms with E-state index in [1.807, 2.05) is 6.08 Å². The Bertz CT molecular complexity index is 1080. The summed E-state index contributed by atoms with van der Waals surface area (Å²) in [4.78, 5) is 13.0. The van der Waals surface area contributed by atoms with Crippen LogP contribution >= 0.6 is 0 Å². The van der Waals surface area contributed by atoms with Crippen LogP contribution in [0.1, 0.15) is 245 Å². The number of aliphatic hydroxyl groups excluding tert-OH is 5. The predicted octanol–water partition coefficient (Wildman–Crippen LogP) is 12.4. The average molecular weight is 892 g/mol. The lowest BCUT2D eigenvalue weighted by molar-refractivity contribution is -0.302. The molecule has 7 unspecified atom stereocenters. The molecular formula is C54H101NO8. The SMILES string of the molecule is CCCCCCCCCCCCC/C=C/CC/C=C/C(O)C(COC1OC(CO)C(O)C(O)C1O)NC(=O)CCCCCCCCC/C=C\CCCCCCCCCCCCCC. The molecule has 1 aliphatic rings. The molecule has 1 saturated heterocycles. The Morgan fingerprint density at radius 2 is 0.905 bits per heavy atom. The second kappa shape index (κ2) is 44.3. The molecule has 1 amide bonds. The van der Waals surface area contributed by atoms with Gasteiger partial charge in [0, 0.05) is 6.42 Å². The number of carbonyl (C=O) groups is 1. The lowest BCUT2D eigenvalue weighted by Gasteiger charge is -2.40. The minimum absolute atomic E-state index is 0.189. The zero-order valence-corrected chi connectivity index (χ0v) is 40.8. The van der Waals surface area contributed by atoms with Gasteiger partial charge in [0.25, 0.3) is 0 Å². The molecule has 0 radical (unpaired) electrons. The standard InChI is InChI=1S/C54H101NO8/c1-3-5-7-9-11-13-15-17-19-21-22-23-24-25-26-28-30-32-34-36-38-40-42-44-50(58)55-47(46-62-54-53(61)52(60)51(59)49(45-56)63-54)48(57)43-41-39-37-35-33-31-29-27-20-18-16-14-12-10-8-6-4-2/h25-26,33,35,41,43,47-49,51-54,56-57,59-61H,3-24,27-32,34,36-40,42,44-46H2,1-2H3,(H,55,58)/b26-25-,35-33+,43-41+. The van der Waals surface area contributed by atoms with Crippen LogP contribution in [0, 0.1) is 0 Å². The Balaban J connectivity index is 2.28. The van der Waals surface area contributed by atoms with Crippen molar-refractivity contribution in [1.82, 2.24) is 5.32 Å². The van der Waals surface area contributed by atoms with Crippen LogP contribution in [0.5, 0.6) is 0 Å². The van der Waals surface area contributed by atoms with Gasteiger partial charge in [0.1, 0.15) is 24.4 Å². The van der Waals surface area contributed by atoms with Crippen LogP contribution in [0.25, 0.3) is 0 Å². The maximum absolute atomic E-state index is 13.0. The summed E-state index contributed by atoms with van der Waals surface area (Å²) in [6.45, 7) is 3.78. The van der Waals surface area contributed by atoms with Crippen LogP contribution < -0.4 is 5.32 Å². The summed E-state index contributed by atoms with van der Waals surface area (Å²) >= 11 is 0. The lowest BCUT2D eigenvalue weighted by Crippen LogP contribution is -2.60. The zero-order chi connectivity index (χ0) is 45.9. The monoisotopic (exact) mass is 892 g/mol. The average Bonchev–Trinajstić information content (AvgIpc) is 3.28. The van der Waals surface area contributed by atoms with Crippen molar-refractivity contribution in [2.24, 2.45) is 0 Å². The maximum Gasteiger partial charge on any atom is 0.220 e. The Morgan fingerprint density at radius 3 is 1.33 bits per heavy atom. The summed E-state index contributed by atoms with van der Waals surface area (Å²) in [5.41, 5.74) is 0. The van der Waals surface area contributed by atoms with E-state index in [1.54, 1.807) is 6.08 Å². The molecule has 1 heterocycles. The molecule has 0 bridgehead atoms. The smallest absolute Gasteiger partial charge is 0.220 e. The first-order valence-corrected chi connectivity index (χ1v) is 26.7. The molecule has 9 nitrogen and oxygen atoms in total. The van der Waals surface area contributed by atoms with Gasteiger partial charge in [-0.2, -0.15) is 0 Å². The minimum atomic E-state index is -1.57. The van der Waals surface area contributed by atoms with Crippen molar-refractivity contribution in [3.63, 3.8) is 0 Å². The number of amides is 1. The molecule has 1 rings (SSSR count). The van der Waals surface area contributed by atoms with E-state index in [4.69, 9.17) is 9.47 Å². The van der Waals surface area contributed by atoms with E-state index in [-0.39, 0.29) is 12.5 Å². The van der Waals surface area contributed by atoms with Crippen molar-refractivity contribution in [3.05, 3.63) is 36.5 Å². The fourth-order valence-corrected chi connectivity index (χ4v) is 8.40. The second-order valence-electron chi connectivity index (χ2n) is 18.7. The fraction of sp³-hybridized carbons (Fsp3) is 0.870. The molecule has 1 aliphatic heterocycles. The van der Waals surface area contributed by atoms with Crippen molar-refractivity contribution < 1.29 is 39.8 Å². The Kier molecular flexibility index (Phi) is 41.7. The van der Waals surface area contributed by atoms with E-state index in [1.165, 1.54) is 173 Å². The van der Waals surface area contributed by atoms with E-state index in [0.29, 0.717) is 6.42 Å². The first-order valence-electron chi connectivity index (χ1n) is 26.7. The van der Waals surface area contributed by atoms with E-state index in [2.05, 4.69) is 43.5 Å². The van der Waals surface area contributed by atoms with E-state index >= 15 is 0 Å². The van der Waals surface area contributed by atoms with Crippen LogP contribution in [0.2, 0.25) is 0 Å². The van der Waals surface area contributed by atoms with Crippen molar-refractivity contribution in [2.45, 2.75) is 288 Å². The Morgan fingerprint density at radius 1 is 0.524 bits per heavy atom. The second-order valence-corrected chi connectivity index (χ2v) is 18.7. The van der Waals surface area contributed by atoms with Gasteiger partial charge in [0.05, 0.1) is 25.4 Å². The highest BCUT2D eigenvalue weighted by molar-refractivity contribution is 5.76. The summed E-state index contributed by atoms with van der Waals surface area (Å²) in [5, 5.41) is 54.3. The van der Waals surface area contributed by atoms with Gasteiger partial charge in [-0.05, 0) is 57.8 Å². The number of nitrogens with one attached hydrogen (secondary N) is 1. The third kappa shape index (κ3) is 34.4. The highest BCUT2D eigenvalue weighted by Crippen LogP contribution is 2.23. The van der Waals surface area contributed by atoms with Crippen LogP contribution in [-0.4, -0.2) is 87.5 Å². The Labute approximate surface area is 387 Å². The zero-order valence-electron chi connectivity index (χ0n) is 40.8. The Hall–Kier alpha value is -1.59. The van der Waals surface area contributed by atoms with E-state index in [0.717, 1.165) is 51.4 Å². The molecule has 0 saturated carbocycles. The number of carbonyl (C=O) groups excluding carboxylic acids is 1. The van der Waals surface area contributed by atoms with Gasteiger partial charge in [-0.1, -0.05) is 217 Å². The summed E-state index contributed by atoms with van der Waals surface area (Å²) < 4.78 is 11.2. The molecule has 6 N–H and O–H groups in total. The van der Waals surface area contributed by atoms with Gasteiger partial charge < -0.3 is 40.3 Å². The number of aliphatic hydroxyl groups is 5. The highest BCUT2D eigenvalue weighted by Gasteiger charge is 2.44. The van der Waals surface area contributed by atoms with Crippen molar-refractivity contribution in [3.8, 4) is 0 Å². The first-order chi connectivity index (χ1) is 30.8. The molecule has 0 aliphatic carbocycles. The molecule has 1 fully saturated rings. The van der Waals surface area contributed by atoms with Crippen molar-refractivity contribution >= 4 is 5.91 Å². The van der Waals surface area contributed by atoms with Gasteiger partial charge in [-0.25, -0.2) is 0 Å². The minimum Gasteiger partial charge on any atom is -0.394 e. The molecule has 0 aromatic carbocycles. The summed E-state index contributed by atoms with van der Waals surface area (Å²) in [7, 11) is 0. The maximum atomic E-state index is 13.0. The first kappa shape index (κ1) is 59.4. The van der Waals surface area contributed by atoms with Crippen LogP contribution in [-0.2, 0) is 14.3 Å². The van der Waals surface area contributed by atoms with Gasteiger partial charge in [-0.3, -0.25) is 4.79 Å². The molecule has 370 valence electrons. The molecule has 63 heavy (non-hydrogen) atoms. The number of rotatable bonds is 45. The van der Waals surface area contributed by atoms with Gasteiger partial charge in [0.15, 0.2) is 6.29 Å². The number of unbranched alkanes of at least 4 members (excludes halogenated alkanes) is 31. The lowest BCUT2D eigenvalue weighted by atomic mass is 9.99. The molecule has 9 heteroatoms. The predicted molar refractivity (Wildman–Crippen MR) is 263 cm³/mol. The summed E-state index contributed by atoms with van der Waals surface area (Å²) in [6.07, 6.45) is 49.1. The van der Waals surface area contributed by atoms with E-state index in [9.17, 15) is 30.3 Å². The normalized spacial score (nSPS) is 20.4. The van der Waals surface area contributed by atoms with Gasteiger partial charge in [-0.15, -0.1) is 0 Å². The third-order valence-electron chi connectivity index (χ3n) is 12.7. The molecule has 0 spiro atoms. The quantitative estimate of drug-likeness (QED) is 0.0261. The number of ether oxygens (including phenoxy) is 2. The summed E-state index contributed by atoms with van der Waals surface area (Å²) in [6, 6.07) is -0.823. The third-order valence-corrected chi connectivity index (χ3v) is 12.7. The summed E-state index contributed by atoms with van der Waals surface area (Å²) in [5.74, 6) is -0.189. The molecule has 0 aromatic heterocycles. The number of hydrogen-bond donors (Lipinski definition) is 6. The van der Waals surface area contributed by atoms with Crippen molar-refractivity contribution in [2.75, 3.05) is 13.2 Å². The van der Waals surface area contributed by atoms with Crippen LogP contribution in [0.4, 0.5) is 0 Å². The molecule has 0 aromatic rings. The van der Waals surface area contributed by atoms with Crippen LogP contribution in [0.15, 0.2) is 36.5 Å². The number of hydrogen-bond acceptors (Lipinski definition) is 8. The van der Waals surface area contributed by atoms with E-state index < -0.39 is 49.5 Å². The molecule has 7 atom stereocenters. The highest BCUT2D eigenvalue weighted by atomic mass is 16.7. The van der Waals surface area contributed by atoms with Crippen molar-refractivity contribution in [1.29, 1.82) is 0 Å². The largest absolute Gasteiger partial charge is 0.394 e. The molecular weight excluding hydrogens is 791 g/mol. The fourth-order valence-electron chi connectivity index (χ4n) is 8.40.